The second-order valence-electron chi connectivity index (χ2n) is 5.63. The Bertz CT molecular complexity index is 899. The minimum atomic E-state index is -0.393. The normalized spacial score (nSPS) is 10.5. The third kappa shape index (κ3) is 5.32. The SMILES string of the molecule is Cc1cccc(NCc2nc(SCC(=O)Nc3cccc(F)c3)n[nH]2)c1. The molecule has 26 heavy (non-hydrogen) atoms. The lowest BCUT2D eigenvalue weighted by atomic mass is 10.2. The van der Waals surface area contributed by atoms with Gasteiger partial charge in [-0.15, -0.1) is 5.10 Å². The molecule has 0 aliphatic rings. The van der Waals surface area contributed by atoms with E-state index in [0.29, 0.717) is 23.2 Å². The summed E-state index contributed by atoms with van der Waals surface area (Å²) in [5, 5.41) is 13.3. The van der Waals surface area contributed by atoms with Gasteiger partial charge in [0.25, 0.3) is 0 Å². The van der Waals surface area contributed by atoms with E-state index in [1.165, 1.54) is 29.5 Å². The molecule has 0 fully saturated rings. The van der Waals surface area contributed by atoms with Crippen molar-refractivity contribution in [2.75, 3.05) is 16.4 Å². The van der Waals surface area contributed by atoms with Crippen molar-refractivity contribution in [2.45, 2.75) is 18.6 Å². The lowest BCUT2D eigenvalue weighted by molar-refractivity contribution is -0.113. The van der Waals surface area contributed by atoms with Gasteiger partial charge in [-0.3, -0.25) is 9.89 Å². The molecule has 3 aromatic rings. The number of anilines is 2. The van der Waals surface area contributed by atoms with Gasteiger partial charge in [0.2, 0.25) is 11.1 Å². The minimum Gasteiger partial charge on any atom is -0.378 e. The largest absolute Gasteiger partial charge is 0.378 e. The molecule has 3 rings (SSSR count). The van der Waals surface area contributed by atoms with Gasteiger partial charge in [-0.2, -0.15) is 0 Å². The van der Waals surface area contributed by atoms with Crippen LogP contribution in [0.4, 0.5) is 15.8 Å². The van der Waals surface area contributed by atoms with Crippen LogP contribution in [0.15, 0.2) is 53.7 Å². The predicted molar refractivity (Wildman–Crippen MR) is 101 cm³/mol. The van der Waals surface area contributed by atoms with E-state index >= 15 is 0 Å². The molecule has 0 unspecified atom stereocenters. The summed E-state index contributed by atoms with van der Waals surface area (Å²) in [5.74, 6) is 0.179. The Morgan fingerprint density at radius 2 is 2.00 bits per heavy atom. The van der Waals surface area contributed by atoms with Gasteiger partial charge >= 0.3 is 0 Å². The maximum absolute atomic E-state index is 13.1. The number of carbonyl (C=O) groups is 1. The highest BCUT2D eigenvalue weighted by Gasteiger charge is 2.08. The molecule has 1 amide bonds. The Morgan fingerprint density at radius 3 is 2.81 bits per heavy atom. The molecular weight excluding hydrogens is 353 g/mol. The number of nitrogens with one attached hydrogen (secondary N) is 3. The van der Waals surface area contributed by atoms with Crippen molar-refractivity contribution in [3.8, 4) is 0 Å². The van der Waals surface area contributed by atoms with E-state index in [1.807, 2.05) is 31.2 Å². The van der Waals surface area contributed by atoms with E-state index in [4.69, 9.17) is 0 Å². The fourth-order valence-corrected chi connectivity index (χ4v) is 2.87. The molecule has 134 valence electrons. The Labute approximate surface area is 154 Å². The zero-order chi connectivity index (χ0) is 18.4. The van der Waals surface area contributed by atoms with Crippen molar-refractivity contribution < 1.29 is 9.18 Å². The summed E-state index contributed by atoms with van der Waals surface area (Å²) in [6.45, 7) is 2.54. The molecular formula is C18H18FN5OS. The van der Waals surface area contributed by atoms with Crippen LogP contribution in [0.3, 0.4) is 0 Å². The fourth-order valence-electron chi connectivity index (χ4n) is 2.26. The topological polar surface area (TPSA) is 82.7 Å². The Morgan fingerprint density at radius 1 is 1.19 bits per heavy atom. The summed E-state index contributed by atoms with van der Waals surface area (Å²) < 4.78 is 13.1. The Hall–Kier alpha value is -2.87. The van der Waals surface area contributed by atoms with E-state index in [-0.39, 0.29) is 11.7 Å². The molecule has 0 saturated carbocycles. The van der Waals surface area contributed by atoms with Crippen LogP contribution in [-0.4, -0.2) is 26.8 Å². The number of aryl methyl sites for hydroxylation is 1. The number of carbonyl (C=O) groups excluding carboxylic acids is 1. The van der Waals surface area contributed by atoms with Gasteiger partial charge in [0.05, 0.1) is 12.3 Å². The van der Waals surface area contributed by atoms with Gasteiger partial charge in [-0.05, 0) is 42.8 Å². The number of halogens is 1. The fraction of sp³-hybridized carbons (Fsp3) is 0.167. The maximum Gasteiger partial charge on any atom is 0.234 e. The molecule has 0 aliphatic carbocycles. The molecule has 3 N–H and O–H groups in total. The van der Waals surface area contributed by atoms with Gasteiger partial charge in [0.15, 0.2) is 0 Å². The number of aromatic nitrogens is 3. The van der Waals surface area contributed by atoms with Gasteiger partial charge in [0, 0.05) is 11.4 Å². The van der Waals surface area contributed by atoms with Crippen LogP contribution in [0.5, 0.6) is 0 Å². The third-order valence-electron chi connectivity index (χ3n) is 3.43. The first kappa shape index (κ1) is 17.9. The summed E-state index contributed by atoms with van der Waals surface area (Å²) in [4.78, 5) is 16.2. The smallest absolute Gasteiger partial charge is 0.234 e. The van der Waals surface area contributed by atoms with Crippen molar-refractivity contribution in [1.29, 1.82) is 0 Å². The maximum atomic E-state index is 13.1. The molecule has 8 heteroatoms. The highest BCUT2D eigenvalue weighted by Crippen LogP contribution is 2.15. The predicted octanol–water partition coefficient (Wildman–Crippen LogP) is 3.60. The number of amides is 1. The Kier molecular flexibility index (Phi) is 5.85. The number of aromatic amines is 1. The number of hydrogen-bond donors (Lipinski definition) is 3. The van der Waals surface area contributed by atoms with Crippen LogP contribution in [0.25, 0.3) is 0 Å². The van der Waals surface area contributed by atoms with Crippen molar-refractivity contribution in [2.24, 2.45) is 0 Å². The minimum absolute atomic E-state index is 0.138. The first-order valence-corrected chi connectivity index (χ1v) is 8.97. The molecule has 6 nitrogen and oxygen atoms in total. The number of thioether (sulfide) groups is 1. The number of H-pyrrole nitrogens is 1. The molecule has 0 spiro atoms. The van der Waals surface area contributed by atoms with Crippen LogP contribution in [-0.2, 0) is 11.3 Å². The molecule has 1 heterocycles. The molecule has 0 bridgehead atoms. The Balaban J connectivity index is 1.46. The quantitative estimate of drug-likeness (QED) is 0.553. The van der Waals surface area contributed by atoms with E-state index in [9.17, 15) is 9.18 Å². The molecule has 0 aliphatic heterocycles. The molecule has 0 saturated heterocycles. The molecule has 0 radical (unpaired) electrons. The average molecular weight is 371 g/mol. The van der Waals surface area contributed by atoms with E-state index < -0.39 is 5.82 Å². The summed E-state index contributed by atoms with van der Waals surface area (Å²) >= 11 is 1.21. The van der Waals surface area contributed by atoms with Crippen LogP contribution >= 0.6 is 11.8 Å². The molecule has 1 aromatic heterocycles. The average Bonchev–Trinajstić information content (AvgIpc) is 3.06. The monoisotopic (exact) mass is 371 g/mol. The van der Waals surface area contributed by atoms with Crippen LogP contribution in [0.1, 0.15) is 11.4 Å². The number of rotatable bonds is 7. The van der Waals surface area contributed by atoms with Crippen molar-refractivity contribution in [3.05, 3.63) is 65.7 Å². The summed E-state index contributed by atoms with van der Waals surface area (Å²) in [6, 6.07) is 13.8. The lowest BCUT2D eigenvalue weighted by Gasteiger charge is -2.04. The van der Waals surface area contributed by atoms with Gasteiger partial charge < -0.3 is 10.6 Å². The van der Waals surface area contributed by atoms with Crippen LogP contribution < -0.4 is 10.6 Å². The standard InChI is InChI=1S/C18H18FN5OS/c1-12-4-2-6-14(8-12)20-10-16-22-18(24-23-16)26-11-17(25)21-15-7-3-5-13(19)9-15/h2-9,20H,10-11H2,1H3,(H,21,25)(H,22,23,24). The first-order chi connectivity index (χ1) is 12.6. The zero-order valence-corrected chi connectivity index (χ0v) is 14.9. The highest BCUT2D eigenvalue weighted by atomic mass is 32.2. The lowest BCUT2D eigenvalue weighted by Crippen LogP contribution is -2.14. The molecule has 2 aromatic carbocycles. The van der Waals surface area contributed by atoms with Crippen LogP contribution in [0, 0.1) is 12.7 Å². The van der Waals surface area contributed by atoms with E-state index in [0.717, 1.165) is 5.69 Å². The summed E-state index contributed by atoms with van der Waals surface area (Å²) in [5.41, 5.74) is 2.60. The second kappa shape index (κ2) is 8.48. The summed E-state index contributed by atoms with van der Waals surface area (Å²) in [7, 11) is 0. The van der Waals surface area contributed by atoms with Crippen LogP contribution in [0.2, 0.25) is 0 Å². The van der Waals surface area contributed by atoms with Crippen molar-refractivity contribution >= 4 is 29.0 Å². The van der Waals surface area contributed by atoms with E-state index in [1.54, 1.807) is 12.1 Å². The number of nitrogens with zero attached hydrogens (tertiary/aromatic N) is 2. The van der Waals surface area contributed by atoms with Gasteiger partial charge in [-0.25, -0.2) is 9.37 Å². The highest BCUT2D eigenvalue weighted by molar-refractivity contribution is 7.99. The number of hydrogen-bond acceptors (Lipinski definition) is 5. The number of benzene rings is 2. The molecule has 0 atom stereocenters. The summed E-state index contributed by atoms with van der Waals surface area (Å²) in [6.07, 6.45) is 0. The van der Waals surface area contributed by atoms with Gasteiger partial charge in [-0.1, -0.05) is 30.0 Å². The third-order valence-corrected chi connectivity index (χ3v) is 4.28. The zero-order valence-electron chi connectivity index (χ0n) is 14.1. The van der Waals surface area contributed by atoms with Crippen molar-refractivity contribution in [1.82, 2.24) is 15.2 Å². The second-order valence-corrected chi connectivity index (χ2v) is 6.58. The first-order valence-electron chi connectivity index (χ1n) is 7.98. The van der Waals surface area contributed by atoms with E-state index in [2.05, 4.69) is 25.8 Å². The van der Waals surface area contributed by atoms with Crippen molar-refractivity contribution in [3.63, 3.8) is 0 Å². The van der Waals surface area contributed by atoms with Gasteiger partial charge in [0.1, 0.15) is 11.6 Å².